The summed E-state index contributed by atoms with van der Waals surface area (Å²) in [5.41, 5.74) is -0.586. The van der Waals surface area contributed by atoms with Gasteiger partial charge in [-0.2, -0.15) is 13.2 Å². The van der Waals surface area contributed by atoms with Crippen LogP contribution in [0.5, 0.6) is 0 Å². The number of thiocarbonyl (C=S) groups is 1. The van der Waals surface area contributed by atoms with Gasteiger partial charge < -0.3 is 21.4 Å². The van der Waals surface area contributed by atoms with Crippen molar-refractivity contribution in [2.75, 3.05) is 18.0 Å². The van der Waals surface area contributed by atoms with Gasteiger partial charge in [-0.15, -0.1) is 23.1 Å². The SMILES string of the molecule is Nc1nc(/C(=N/O)C(=O)NC2C(=O)N3C(C([O-])=S)=C(CCNS(=O)(=O)C(F)(F)F)CS[C@H]23)cs1.[Na+]. The fourth-order valence-corrected chi connectivity index (χ4v) is 5.81. The first-order chi connectivity index (χ1) is 15.8. The van der Waals surface area contributed by atoms with E-state index in [2.05, 4.69) is 27.7 Å². The van der Waals surface area contributed by atoms with Crippen molar-refractivity contribution in [3.63, 3.8) is 0 Å². The molecule has 1 fully saturated rings. The third kappa shape index (κ3) is 6.09. The summed E-state index contributed by atoms with van der Waals surface area (Å²) in [4.78, 5) is 30.0. The van der Waals surface area contributed by atoms with Gasteiger partial charge >= 0.3 is 45.1 Å². The number of nitrogens with two attached hydrogens (primary N) is 1. The number of carbonyl (C=O) groups excluding carboxylic acids is 2. The molecular weight excluding hydrogens is 568 g/mol. The minimum Gasteiger partial charge on any atom is -0.863 e. The number of carbonyl (C=O) groups is 2. The number of β-lactam (4-membered cyclic amide) rings is 1. The van der Waals surface area contributed by atoms with Crippen molar-refractivity contribution in [3.05, 3.63) is 22.3 Å². The van der Waals surface area contributed by atoms with Crippen LogP contribution >= 0.6 is 35.3 Å². The molecule has 186 valence electrons. The number of nitrogens with zero attached hydrogens (tertiary/aromatic N) is 3. The smallest absolute Gasteiger partial charge is 0.863 e. The molecule has 12 nitrogen and oxygen atoms in total. The second-order valence-corrected chi connectivity index (χ2v) is 10.8. The van der Waals surface area contributed by atoms with Gasteiger partial charge in [0.05, 0.1) is 0 Å². The molecule has 2 atom stereocenters. The minimum absolute atomic E-state index is 0. The van der Waals surface area contributed by atoms with E-state index in [0.29, 0.717) is 0 Å². The first-order valence-electron chi connectivity index (χ1n) is 8.96. The summed E-state index contributed by atoms with van der Waals surface area (Å²) in [5, 5.41) is 26.2. The number of anilines is 1. The van der Waals surface area contributed by atoms with Gasteiger partial charge in [0, 0.05) is 23.4 Å². The number of aromatic nitrogens is 1. The Morgan fingerprint density at radius 2 is 2.11 bits per heavy atom. The molecule has 0 aromatic carbocycles. The summed E-state index contributed by atoms with van der Waals surface area (Å²) in [6.07, 6.45) is -0.305. The van der Waals surface area contributed by atoms with E-state index < -0.39 is 56.1 Å². The molecule has 1 saturated heterocycles. The largest absolute Gasteiger partial charge is 1.00 e. The number of hydrogen-bond donors (Lipinski definition) is 4. The third-order valence-electron chi connectivity index (χ3n) is 4.63. The number of fused-ring (bicyclic) bond motifs is 1. The van der Waals surface area contributed by atoms with Crippen LogP contribution in [0.2, 0.25) is 0 Å². The molecule has 20 heteroatoms. The normalized spacial score (nSPS) is 20.6. The molecule has 2 aliphatic rings. The maximum Gasteiger partial charge on any atom is 1.00 e. The molecule has 0 spiro atoms. The monoisotopic (exact) mass is 582 g/mol. The van der Waals surface area contributed by atoms with Crippen LogP contribution in [0.1, 0.15) is 12.1 Å². The summed E-state index contributed by atoms with van der Waals surface area (Å²) in [6, 6.07) is -1.13. The van der Waals surface area contributed by atoms with Gasteiger partial charge in [0.1, 0.15) is 17.1 Å². The Hall–Kier alpha value is -1.48. The topological polar surface area (TPSA) is 190 Å². The van der Waals surface area contributed by atoms with Crippen LogP contribution < -0.4 is 50.4 Å². The number of rotatable bonds is 8. The van der Waals surface area contributed by atoms with Crippen molar-refractivity contribution in [3.8, 4) is 0 Å². The van der Waals surface area contributed by atoms with Crippen LogP contribution in [0.15, 0.2) is 21.8 Å². The van der Waals surface area contributed by atoms with E-state index in [1.54, 1.807) is 0 Å². The van der Waals surface area contributed by atoms with Gasteiger partial charge in [0.2, 0.25) is 0 Å². The molecule has 2 amide bonds. The number of hydrogen-bond acceptors (Lipinski definition) is 12. The Bertz CT molecular complexity index is 1200. The Morgan fingerprint density at radius 1 is 1.46 bits per heavy atom. The van der Waals surface area contributed by atoms with E-state index in [1.807, 2.05) is 0 Å². The molecule has 1 unspecified atom stereocenters. The van der Waals surface area contributed by atoms with Crippen LogP contribution in [0, 0.1) is 0 Å². The zero-order valence-electron chi connectivity index (χ0n) is 17.5. The molecule has 1 aromatic heterocycles. The van der Waals surface area contributed by atoms with Gasteiger partial charge in [-0.1, -0.05) is 17.4 Å². The second kappa shape index (κ2) is 11.3. The van der Waals surface area contributed by atoms with Crippen LogP contribution in [-0.2, 0) is 19.6 Å². The molecule has 3 rings (SSSR count). The quantitative estimate of drug-likeness (QED) is 0.0588. The van der Waals surface area contributed by atoms with Crippen molar-refractivity contribution < 1.29 is 71.0 Å². The summed E-state index contributed by atoms with van der Waals surface area (Å²) in [5.74, 6) is -1.63. The van der Waals surface area contributed by atoms with Crippen molar-refractivity contribution in [1.29, 1.82) is 0 Å². The number of nitrogens with one attached hydrogen (secondary N) is 2. The molecule has 35 heavy (non-hydrogen) atoms. The fourth-order valence-electron chi connectivity index (χ4n) is 3.10. The first kappa shape index (κ1) is 29.7. The number of sulfonamides is 1. The number of amides is 2. The molecule has 5 N–H and O–H groups in total. The minimum atomic E-state index is -5.57. The van der Waals surface area contributed by atoms with Crippen LogP contribution in [0.3, 0.4) is 0 Å². The van der Waals surface area contributed by atoms with E-state index in [-0.39, 0.29) is 63.8 Å². The standard InChI is InChI=1S/C15H15F3N6O6S4.Na/c16-15(17,18)34(29,30)20-2-1-5-3-32-12-8(11(26)24(12)9(5)13(27)31)22-10(25)7(23-28)6-4-33-14(19)21-6;/h4,8,12,20,28H,1-3H2,(H2,19,21)(H,22,25)(H,27,31);/q;+1/p-1/b23-7-;/t8?,12-;/m1./s1. The summed E-state index contributed by atoms with van der Waals surface area (Å²) >= 11 is 6.72. The number of halogens is 3. The predicted octanol–water partition coefficient (Wildman–Crippen LogP) is -3.92. The molecule has 0 radical (unpaired) electrons. The Labute approximate surface area is 231 Å². The summed E-state index contributed by atoms with van der Waals surface area (Å²) in [7, 11) is -5.57. The fraction of sp³-hybridized carbons (Fsp3) is 0.400. The maximum atomic E-state index is 12.7. The molecule has 0 saturated carbocycles. The number of nitrogen functional groups attached to an aromatic ring is 1. The van der Waals surface area contributed by atoms with Crippen LogP contribution in [0.4, 0.5) is 18.3 Å². The number of thiazole rings is 1. The molecular formula is C15H14F3N6NaO6S4. The Morgan fingerprint density at radius 3 is 2.63 bits per heavy atom. The zero-order valence-corrected chi connectivity index (χ0v) is 22.8. The average molecular weight is 583 g/mol. The van der Waals surface area contributed by atoms with Gasteiger partial charge in [0.25, 0.3) is 11.8 Å². The van der Waals surface area contributed by atoms with Gasteiger partial charge in [-0.05, 0) is 17.0 Å². The van der Waals surface area contributed by atoms with Gasteiger partial charge in [-0.3, -0.25) is 14.5 Å². The van der Waals surface area contributed by atoms with E-state index in [9.17, 15) is 36.3 Å². The number of alkyl halides is 3. The predicted molar refractivity (Wildman–Crippen MR) is 117 cm³/mol. The first-order valence-corrected chi connectivity index (χ1v) is 12.8. The van der Waals surface area contributed by atoms with Gasteiger partial charge in [-0.25, -0.2) is 18.1 Å². The summed E-state index contributed by atoms with van der Waals surface area (Å²) < 4.78 is 61.0. The Kier molecular flexibility index (Phi) is 9.59. The number of thioether (sulfide) groups is 1. The van der Waals surface area contributed by atoms with Crippen LogP contribution in [0.25, 0.3) is 0 Å². The van der Waals surface area contributed by atoms with Crippen molar-refractivity contribution in [2.24, 2.45) is 5.16 Å². The second-order valence-electron chi connectivity index (χ2n) is 6.71. The van der Waals surface area contributed by atoms with E-state index in [1.165, 1.54) is 10.1 Å². The van der Waals surface area contributed by atoms with Gasteiger partial charge in [0.15, 0.2) is 10.8 Å². The Balaban J connectivity index is 0.00000432. The molecule has 1 aromatic rings. The van der Waals surface area contributed by atoms with Crippen molar-refractivity contribution in [2.45, 2.75) is 23.3 Å². The van der Waals surface area contributed by atoms with E-state index in [4.69, 9.17) is 10.9 Å². The average Bonchev–Trinajstić information content (AvgIpc) is 3.16. The third-order valence-corrected chi connectivity index (χ3v) is 8.03. The van der Waals surface area contributed by atoms with Crippen LogP contribution in [-0.4, -0.2) is 75.3 Å². The van der Waals surface area contributed by atoms with Crippen molar-refractivity contribution in [1.82, 2.24) is 19.9 Å². The molecule has 2 aliphatic heterocycles. The summed E-state index contributed by atoms with van der Waals surface area (Å²) in [6.45, 7) is -0.677. The molecule has 3 heterocycles. The molecule has 0 aliphatic carbocycles. The maximum absolute atomic E-state index is 12.7. The van der Waals surface area contributed by atoms with E-state index >= 15 is 0 Å². The van der Waals surface area contributed by atoms with E-state index in [0.717, 1.165) is 28.0 Å². The van der Waals surface area contributed by atoms with Crippen molar-refractivity contribution >= 4 is 73.0 Å². The molecule has 0 bridgehead atoms. The zero-order chi connectivity index (χ0) is 25.4. The number of oxime groups is 1.